The first-order valence-corrected chi connectivity index (χ1v) is 8.96. The van der Waals surface area contributed by atoms with Crippen molar-refractivity contribution in [1.82, 2.24) is 0 Å². The standard InChI is InChI=1S/C22H25NO/c1-3-9-16(10-4-2)22(24)23-21-15-17-11-5-6-12-18(17)19-13-7-8-14-20(19)21/h5-8,11-16H,3-4,9-10H2,1-2H3,(H,23,24). The number of amides is 1. The molecule has 2 heteroatoms. The molecule has 124 valence electrons. The highest BCUT2D eigenvalue weighted by Gasteiger charge is 2.18. The van der Waals surface area contributed by atoms with Crippen molar-refractivity contribution in [2.75, 3.05) is 5.32 Å². The quantitative estimate of drug-likeness (QED) is 0.543. The number of carbonyl (C=O) groups excluding carboxylic acids is 1. The summed E-state index contributed by atoms with van der Waals surface area (Å²) in [4.78, 5) is 12.8. The van der Waals surface area contributed by atoms with Gasteiger partial charge in [-0.15, -0.1) is 0 Å². The number of fused-ring (bicyclic) bond motifs is 3. The van der Waals surface area contributed by atoms with Crippen LogP contribution in [0.5, 0.6) is 0 Å². The Kier molecular flexibility index (Phi) is 5.14. The number of nitrogens with one attached hydrogen (secondary N) is 1. The lowest BCUT2D eigenvalue weighted by Gasteiger charge is -2.17. The molecule has 0 bridgehead atoms. The van der Waals surface area contributed by atoms with Crippen LogP contribution in [0.25, 0.3) is 21.5 Å². The third-order valence-electron chi connectivity index (χ3n) is 4.67. The highest BCUT2D eigenvalue weighted by atomic mass is 16.1. The van der Waals surface area contributed by atoms with Crippen molar-refractivity contribution >= 4 is 33.1 Å². The molecule has 2 nitrogen and oxygen atoms in total. The van der Waals surface area contributed by atoms with Gasteiger partial charge >= 0.3 is 0 Å². The van der Waals surface area contributed by atoms with E-state index in [2.05, 4.69) is 61.6 Å². The highest BCUT2D eigenvalue weighted by Crippen LogP contribution is 2.32. The Labute approximate surface area is 143 Å². The molecule has 0 fully saturated rings. The Morgan fingerprint density at radius 1 is 0.875 bits per heavy atom. The first-order chi connectivity index (χ1) is 11.7. The number of benzene rings is 3. The molecule has 0 heterocycles. The van der Waals surface area contributed by atoms with Crippen molar-refractivity contribution in [3.05, 3.63) is 54.6 Å². The van der Waals surface area contributed by atoms with Crippen LogP contribution in [-0.2, 0) is 4.79 Å². The molecule has 0 aliphatic carbocycles. The van der Waals surface area contributed by atoms with Gasteiger partial charge in [-0.25, -0.2) is 0 Å². The van der Waals surface area contributed by atoms with Gasteiger partial charge in [0.05, 0.1) is 0 Å². The molecule has 24 heavy (non-hydrogen) atoms. The number of rotatable bonds is 6. The molecule has 0 radical (unpaired) electrons. The summed E-state index contributed by atoms with van der Waals surface area (Å²) >= 11 is 0. The molecule has 0 saturated carbocycles. The number of anilines is 1. The van der Waals surface area contributed by atoms with E-state index in [-0.39, 0.29) is 11.8 Å². The fourth-order valence-electron chi connectivity index (χ4n) is 3.50. The minimum atomic E-state index is 0.102. The van der Waals surface area contributed by atoms with Gasteiger partial charge in [0.15, 0.2) is 0 Å². The van der Waals surface area contributed by atoms with Gasteiger partial charge in [-0.2, -0.15) is 0 Å². The number of carbonyl (C=O) groups is 1. The fourth-order valence-corrected chi connectivity index (χ4v) is 3.50. The predicted octanol–water partition coefficient (Wildman–Crippen LogP) is 6.15. The summed E-state index contributed by atoms with van der Waals surface area (Å²) in [5.74, 6) is 0.254. The van der Waals surface area contributed by atoms with Gasteiger partial charge in [-0.05, 0) is 35.1 Å². The van der Waals surface area contributed by atoms with Gasteiger partial charge in [0.1, 0.15) is 0 Å². The van der Waals surface area contributed by atoms with E-state index in [1.165, 1.54) is 10.8 Å². The van der Waals surface area contributed by atoms with E-state index in [9.17, 15) is 4.79 Å². The molecule has 0 aliphatic heterocycles. The Morgan fingerprint density at radius 3 is 2.12 bits per heavy atom. The van der Waals surface area contributed by atoms with Crippen LogP contribution in [-0.4, -0.2) is 5.91 Å². The van der Waals surface area contributed by atoms with E-state index in [0.717, 1.165) is 42.1 Å². The zero-order valence-electron chi connectivity index (χ0n) is 14.5. The van der Waals surface area contributed by atoms with Gasteiger partial charge < -0.3 is 5.32 Å². The van der Waals surface area contributed by atoms with Crippen molar-refractivity contribution in [3.63, 3.8) is 0 Å². The van der Waals surface area contributed by atoms with Crippen molar-refractivity contribution in [3.8, 4) is 0 Å². The molecule has 0 saturated heterocycles. The zero-order chi connectivity index (χ0) is 16.9. The van der Waals surface area contributed by atoms with Crippen LogP contribution in [0.3, 0.4) is 0 Å². The molecule has 3 rings (SSSR count). The van der Waals surface area contributed by atoms with E-state index >= 15 is 0 Å². The van der Waals surface area contributed by atoms with Crippen molar-refractivity contribution in [1.29, 1.82) is 0 Å². The van der Waals surface area contributed by atoms with Gasteiger partial charge in [-0.1, -0.05) is 75.2 Å². The van der Waals surface area contributed by atoms with E-state index in [1.807, 2.05) is 12.1 Å². The summed E-state index contributed by atoms with van der Waals surface area (Å²) in [6, 6.07) is 18.7. The third kappa shape index (κ3) is 3.28. The van der Waals surface area contributed by atoms with E-state index in [4.69, 9.17) is 0 Å². The summed E-state index contributed by atoms with van der Waals surface area (Å²) in [6.07, 6.45) is 3.98. The maximum Gasteiger partial charge on any atom is 0.227 e. The summed E-state index contributed by atoms with van der Waals surface area (Å²) < 4.78 is 0. The van der Waals surface area contributed by atoms with Gasteiger partial charge in [-0.3, -0.25) is 4.79 Å². The number of hydrogen-bond acceptors (Lipinski definition) is 1. The Bertz CT molecular complexity index is 847. The second-order valence-corrected chi connectivity index (χ2v) is 6.45. The second-order valence-electron chi connectivity index (χ2n) is 6.45. The lowest BCUT2D eigenvalue weighted by atomic mass is 9.96. The summed E-state index contributed by atoms with van der Waals surface area (Å²) in [7, 11) is 0. The minimum Gasteiger partial charge on any atom is -0.325 e. The van der Waals surface area contributed by atoms with E-state index in [0.29, 0.717) is 0 Å². The molecular formula is C22H25NO. The monoisotopic (exact) mass is 319 g/mol. The molecule has 0 unspecified atom stereocenters. The molecule has 0 atom stereocenters. The number of hydrogen-bond donors (Lipinski definition) is 1. The molecule has 0 spiro atoms. The highest BCUT2D eigenvalue weighted by molar-refractivity contribution is 6.15. The minimum absolute atomic E-state index is 0.102. The third-order valence-corrected chi connectivity index (χ3v) is 4.67. The topological polar surface area (TPSA) is 29.1 Å². The summed E-state index contributed by atoms with van der Waals surface area (Å²) in [5, 5.41) is 7.89. The van der Waals surface area contributed by atoms with Crippen LogP contribution in [0.2, 0.25) is 0 Å². The Balaban J connectivity index is 2.03. The first kappa shape index (κ1) is 16.5. The molecule has 0 aliphatic rings. The molecule has 0 aromatic heterocycles. The van der Waals surface area contributed by atoms with Crippen molar-refractivity contribution < 1.29 is 4.79 Å². The average Bonchev–Trinajstić information content (AvgIpc) is 2.61. The maximum absolute atomic E-state index is 12.8. The van der Waals surface area contributed by atoms with Crippen LogP contribution < -0.4 is 5.32 Å². The van der Waals surface area contributed by atoms with Crippen LogP contribution >= 0.6 is 0 Å². The van der Waals surface area contributed by atoms with Gasteiger partial charge in [0.25, 0.3) is 0 Å². The molecule has 3 aromatic carbocycles. The summed E-state index contributed by atoms with van der Waals surface area (Å²) in [5.41, 5.74) is 0.923. The summed E-state index contributed by atoms with van der Waals surface area (Å²) in [6.45, 7) is 4.28. The lowest BCUT2D eigenvalue weighted by Crippen LogP contribution is -2.22. The predicted molar refractivity (Wildman–Crippen MR) is 103 cm³/mol. The van der Waals surface area contributed by atoms with Crippen LogP contribution in [0.15, 0.2) is 54.6 Å². The fraction of sp³-hybridized carbons (Fsp3) is 0.318. The normalized spacial score (nSPS) is 11.3. The van der Waals surface area contributed by atoms with E-state index < -0.39 is 0 Å². The van der Waals surface area contributed by atoms with Gasteiger partial charge in [0.2, 0.25) is 5.91 Å². The zero-order valence-corrected chi connectivity index (χ0v) is 14.5. The van der Waals surface area contributed by atoms with Gasteiger partial charge in [0, 0.05) is 17.0 Å². The largest absolute Gasteiger partial charge is 0.325 e. The van der Waals surface area contributed by atoms with Crippen molar-refractivity contribution in [2.45, 2.75) is 39.5 Å². The average molecular weight is 319 g/mol. The van der Waals surface area contributed by atoms with Crippen LogP contribution in [0, 0.1) is 5.92 Å². The smallest absolute Gasteiger partial charge is 0.227 e. The first-order valence-electron chi connectivity index (χ1n) is 8.96. The molecule has 1 N–H and O–H groups in total. The second kappa shape index (κ2) is 7.48. The molecule has 1 amide bonds. The van der Waals surface area contributed by atoms with Crippen LogP contribution in [0.4, 0.5) is 5.69 Å². The maximum atomic E-state index is 12.8. The lowest BCUT2D eigenvalue weighted by molar-refractivity contribution is -0.120. The molecule has 3 aromatic rings. The van der Waals surface area contributed by atoms with Crippen molar-refractivity contribution in [2.24, 2.45) is 5.92 Å². The molecular weight excluding hydrogens is 294 g/mol. The Hall–Kier alpha value is -2.35. The Morgan fingerprint density at radius 2 is 1.46 bits per heavy atom. The van der Waals surface area contributed by atoms with E-state index in [1.54, 1.807) is 0 Å². The van der Waals surface area contributed by atoms with Crippen LogP contribution in [0.1, 0.15) is 39.5 Å². The SMILES string of the molecule is CCCC(CCC)C(=O)Nc1cc2ccccc2c2ccccc12.